The molecular formula is C19H33NO3. The monoisotopic (exact) mass is 323 g/mol. The molecule has 4 heteroatoms. The molecule has 1 rings (SSSR count). The summed E-state index contributed by atoms with van der Waals surface area (Å²) in [6, 6.07) is 8.55. The molecule has 4 nitrogen and oxygen atoms in total. The lowest BCUT2D eigenvalue weighted by molar-refractivity contribution is -0.0569. The molecule has 1 N–H and O–H groups in total. The van der Waals surface area contributed by atoms with Gasteiger partial charge in [0.1, 0.15) is 0 Å². The van der Waals surface area contributed by atoms with Crippen LogP contribution < -0.4 is 0 Å². The summed E-state index contributed by atoms with van der Waals surface area (Å²) >= 11 is 0. The molecule has 23 heavy (non-hydrogen) atoms. The van der Waals surface area contributed by atoms with Crippen molar-refractivity contribution in [3.8, 4) is 0 Å². The quantitative estimate of drug-likeness (QED) is 0.672. The van der Waals surface area contributed by atoms with Crippen molar-refractivity contribution in [3.63, 3.8) is 0 Å². The molecule has 0 saturated heterocycles. The van der Waals surface area contributed by atoms with Crippen LogP contribution in [0.1, 0.15) is 38.3 Å². The second kappa shape index (κ2) is 10.0. The highest BCUT2D eigenvalue weighted by molar-refractivity contribution is 5.21. The Labute approximate surface area is 141 Å². The highest BCUT2D eigenvalue weighted by Gasteiger charge is 2.16. The van der Waals surface area contributed by atoms with Crippen molar-refractivity contribution >= 4 is 0 Å². The van der Waals surface area contributed by atoms with Gasteiger partial charge in [-0.3, -0.25) is 4.90 Å². The number of aliphatic hydroxyl groups is 1. The number of nitrogens with zero attached hydrogens (tertiary/aromatic N) is 1. The van der Waals surface area contributed by atoms with Gasteiger partial charge in [0.2, 0.25) is 0 Å². The second-order valence-corrected chi connectivity index (χ2v) is 7.14. The van der Waals surface area contributed by atoms with Crippen LogP contribution in [0.3, 0.4) is 0 Å². The Balaban J connectivity index is 2.55. The van der Waals surface area contributed by atoms with Gasteiger partial charge in [0.15, 0.2) is 0 Å². The first-order valence-electron chi connectivity index (χ1n) is 8.39. The van der Waals surface area contributed by atoms with E-state index in [4.69, 9.17) is 9.47 Å². The molecule has 1 aromatic carbocycles. The molecule has 0 aliphatic rings. The molecule has 0 bridgehead atoms. The molecule has 0 radical (unpaired) electrons. The fourth-order valence-electron chi connectivity index (χ4n) is 2.32. The number of hydrogen-bond acceptors (Lipinski definition) is 4. The van der Waals surface area contributed by atoms with Crippen LogP contribution in [-0.4, -0.2) is 55.1 Å². The highest BCUT2D eigenvalue weighted by Crippen LogP contribution is 2.11. The van der Waals surface area contributed by atoms with Crippen molar-refractivity contribution in [1.82, 2.24) is 4.90 Å². The van der Waals surface area contributed by atoms with Gasteiger partial charge in [-0.2, -0.15) is 0 Å². The first-order valence-corrected chi connectivity index (χ1v) is 8.39. The molecule has 1 aromatic rings. The summed E-state index contributed by atoms with van der Waals surface area (Å²) < 4.78 is 10.8. The average Bonchev–Trinajstić information content (AvgIpc) is 2.47. The minimum Gasteiger partial charge on any atom is -0.389 e. The molecule has 0 amide bonds. The van der Waals surface area contributed by atoms with Gasteiger partial charge in [-0.15, -0.1) is 0 Å². The lowest BCUT2D eigenvalue weighted by atomic mass is 10.1. The summed E-state index contributed by atoms with van der Waals surface area (Å²) in [7, 11) is 1.72. The van der Waals surface area contributed by atoms with Crippen LogP contribution in [0.4, 0.5) is 0 Å². The van der Waals surface area contributed by atoms with Gasteiger partial charge in [0.25, 0.3) is 0 Å². The average molecular weight is 323 g/mol. The molecule has 0 fully saturated rings. The van der Waals surface area contributed by atoms with Gasteiger partial charge in [-0.25, -0.2) is 0 Å². The third kappa shape index (κ3) is 9.72. The molecule has 0 saturated carbocycles. The third-order valence-corrected chi connectivity index (χ3v) is 3.53. The lowest BCUT2D eigenvalue weighted by Gasteiger charge is -2.27. The highest BCUT2D eigenvalue weighted by atomic mass is 16.5. The summed E-state index contributed by atoms with van der Waals surface area (Å²) in [4.78, 5) is 2.26. The fourth-order valence-corrected chi connectivity index (χ4v) is 2.32. The van der Waals surface area contributed by atoms with Crippen LogP contribution in [0, 0.1) is 6.92 Å². The van der Waals surface area contributed by atoms with Crippen LogP contribution in [0.25, 0.3) is 0 Å². The van der Waals surface area contributed by atoms with Gasteiger partial charge in [0, 0.05) is 33.4 Å². The molecule has 0 aliphatic carbocycles. The Bertz CT molecular complexity index is 425. The normalized spacial score (nSPS) is 13.5. The predicted octanol–water partition coefficient (Wildman–Crippen LogP) is 3.01. The summed E-state index contributed by atoms with van der Waals surface area (Å²) in [6.07, 6.45) is 0.470. The zero-order valence-electron chi connectivity index (χ0n) is 15.3. The third-order valence-electron chi connectivity index (χ3n) is 3.53. The zero-order chi connectivity index (χ0) is 17.3. The molecule has 0 spiro atoms. The molecular weight excluding hydrogens is 290 g/mol. The Morgan fingerprint density at radius 1 is 1.17 bits per heavy atom. The van der Waals surface area contributed by atoms with Crippen LogP contribution >= 0.6 is 0 Å². The van der Waals surface area contributed by atoms with E-state index in [0.29, 0.717) is 13.2 Å². The number of benzene rings is 1. The largest absolute Gasteiger partial charge is 0.389 e. The minimum absolute atomic E-state index is 0.223. The first kappa shape index (κ1) is 20.1. The number of aliphatic hydroxyl groups excluding tert-OH is 1. The van der Waals surface area contributed by atoms with E-state index in [1.54, 1.807) is 7.11 Å². The van der Waals surface area contributed by atoms with E-state index in [0.717, 1.165) is 26.1 Å². The SMILES string of the molecule is COCCCN(Cc1ccc(C)cc1)CC(O)COC(C)(C)C. The maximum Gasteiger partial charge on any atom is 0.0900 e. The van der Waals surface area contributed by atoms with Crippen LogP contribution in [-0.2, 0) is 16.0 Å². The Kier molecular flexibility index (Phi) is 8.77. The van der Waals surface area contributed by atoms with Crippen molar-refractivity contribution in [1.29, 1.82) is 0 Å². The Hall–Kier alpha value is -0.940. The number of hydrogen-bond donors (Lipinski definition) is 1. The predicted molar refractivity (Wildman–Crippen MR) is 94.7 cm³/mol. The standard InChI is InChI=1S/C19H33NO3/c1-16-7-9-17(10-8-16)13-20(11-6-12-22-5)14-18(21)15-23-19(2,3)4/h7-10,18,21H,6,11-15H2,1-5H3. The number of aryl methyl sites for hydroxylation is 1. The molecule has 1 atom stereocenters. The summed E-state index contributed by atoms with van der Waals surface area (Å²) in [6.45, 7) is 11.5. The number of methoxy groups -OCH3 is 1. The Morgan fingerprint density at radius 3 is 2.39 bits per heavy atom. The molecule has 0 heterocycles. The van der Waals surface area contributed by atoms with Crippen molar-refractivity contribution in [3.05, 3.63) is 35.4 Å². The maximum absolute atomic E-state index is 10.3. The van der Waals surface area contributed by atoms with E-state index < -0.39 is 6.10 Å². The smallest absolute Gasteiger partial charge is 0.0900 e. The molecule has 0 aromatic heterocycles. The molecule has 0 aliphatic heterocycles. The van der Waals surface area contributed by atoms with Gasteiger partial charge in [0.05, 0.1) is 18.3 Å². The van der Waals surface area contributed by atoms with Crippen molar-refractivity contribution in [2.24, 2.45) is 0 Å². The second-order valence-electron chi connectivity index (χ2n) is 7.14. The van der Waals surface area contributed by atoms with Gasteiger partial charge >= 0.3 is 0 Å². The Morgan fingerprint density at radius 2 is 1.83 bits per heavy atom. The first-order chi connectivity index (χ1) is 10.8. The lowest BCUT2D eigenvalue weighted by Crippen LogP contribution is -2.37. The maximum atomic E-state index is 10.3. The van der Waals surface area contributed by atoms with E-state index in [2.05, 4.69) is 36.1 Å². The minimum atomic E-state index is -0.484. The summed E-state index contributed by atoms with van der Waals surface area (Å²) in [5.74, 6) is 0. The molecule has 1 unspecified atom stereocenters. The van der Waals surface area contributed by atoms with E-state index in [1.807, 2.05) is 20.8 Å². The molecule has 132 valence electrons. The van der Waals surface area contributed by atoms with Crippen LogP contribution in [0.2, 0.25) is 0 Å². The summed E-state index contributed by atoms with van der Waals surface area (Å²) in [5, 5.41) is 10.3. The van der Waals surface area contributed by atoms with Crippen molar-refractivity contribution in [2.75, 3.05) is 33.4 Å². The van der Waals surface area contributed by atoms with E-state index >= 15 is 0 Å². The van der Waals surface area contributed by atoms with Gasteiger partial charge < -0.3 is 14.6 Å². The van der Waals surface area contributed by atoms with Crippen molar-refractivity contribution in [2.45, 2.75) is 52.4 Å². The van der Waals surface area contributed by atoms with Gasteiger partial charge in [-0.05, 0) is 39.7 Å². The number of ether oxygens (including phenoxy) is 2. The van der Waals surface area contributed by atoms with Crippen LogP contribution in [0.5, 0.6) is 0 Å². The zero-order valence-corrected chi connectivity index (χ0v) is 15.3. The van der Waals surface area contributed by atoms with E-state index in [9.17, 15) is 5.11 Å². The fraction of sp³-hybridized carbons (Fsp3) is 0.684. The van der Waals surface area contributed by atoms with E-state index in [-0.39, 0.29) is 5.60 Å². The van der Waals surface area contributed by atoms with Crippen LogP contribution in [0.15, 0.2) is 24.3 Å². The number of rotatable bonds is 10. The van der Waals surface area contributed by atoms with E-state index in [1.165, 1.54) is 11.1 Å². The topological polar surface area (TPSA) is 41.9 Å². The van der Waals surface area contributed by atoms with Crippen molar-refractivity contribution < 1.29 is 14.6 Å². The summed E-state index contributed by atoms with van der Waals surface area (Å²) in [5.41, 5.74) is 2.30. The van der Waals surface area contributed by atoms with Gasteiger partial charge in [-0.1, -0.05) is 29.8 Å².